The summed E-state index contributed by atoms with van der Waals surface area (Å²) in [5.74, 6) is -0.323. The molecule has 0 radical (unpaired) electrons. The standard InChI is InChI=1S/C12H16N2O4/c1-7(2)17-10-8(11(13)15)5-4-6-9(10)18-12(16)14-3/h4-7H,1-3H3,(H2,13,15)(H,14,16). The van der Waals surface area contributed by atoms with Crippen LogP contribution in [-0.2, 0) is 0 Å². The van der Waals surface area contributed by atoms with Crippen molar-refractivity contribution >= 4 is 12.0 Å². The van der Waals surface area contributed by atoms with Crippen LogP contribution in [0.15, 0.2) is 18.2 Å². The average molecular weight is 252 g/mol. The summed E-state index contributed by atoms with van der Waals surface area (Å²) in [5, 5.41) is 2.31. The van der Waals surface area contributed by atoms with Gasteiger partial charge in [0.05, 0.1) is 11.7 Å². The lowest BCUT2D eigenvalue weighted by atomic mass is 10.1. The summed E-state index contributed by atoms with van der Waals surface area (Å²) in [6, 6.07) is 4.60. The van der Waals surface area contributed by atoms with E-state index in [2.05, 4.69) is 5.32 Å². The number of carbonyl (C=O) groups excluding carboxylic acids is 2. The molecule has 0 aliphatic rings. The molecule has 0 unspecified atom stereocenters. The first-order valence-electron chi connectivity index (χ1n) is 5.44. The maximum atomic E-state index is 11.3. The van der Waals surface area contributed by atoms with E-state index in [-0.39, 0.29) is 23.2 Å². The topological polar surface area (TPSA) is 90.6 Å². The molecular weight excluding hydrogens is 236 g/mol. The molecule has 1 aromatic rings. The van der Waals surface area contributed by atoms with E-state index in [4.69, 9.17) is 15.2 Å². The van der Waals surface area contributed by atoms with Crippen molar-refractivity contribution in [1.29, 1.82) is 0 Å². The minimum atomic E-state index is -0.648. The first-order valence-corrected chi connectivity index (χ1v) is 5.44. The zero-order chi connectivity index (χ0) is 13.7. The lowest BCUT2D eigenvalue weighted by Gasteiger charge is -2.16. The zero-order valence-corrected chi connectivity index (χ0v) is 10.5. The van der Waals surface area contributed by atoms with Gasteiger partial charge in [0.25, 0.3) is 5.91 Å². The predicted octanol–water partition coefficient (Wildman–Crippen LogP) is 1.29. The highest BCUT2D eigenvalue weighted by molar-refractivity contribution is 5.96. The average Bonchev–Trinajstić information content (AvgIpc) is 2.30. The zero-order valence-electron chi connectivity index (χ0n) is 10.5. The second kappa shape index (κ2) is 5.90. The van der Waals surface area contributed by atoms with Crippen LogP contribution in [0.4, 0.5) is 4.79 Å². The van der Waals surface area contributed by atoms with Gasteiger partial charge in [0, 0.05) is 7.05 Å². The van der Waals surface area contributed by atoms with Crippen LogP contribution in [0.25, 0.3) is 0 Å². The summed E-state index contributed by atoms with van der Waals surface area (Å²) in [6.07, 6.45) is -0.831. The van der Waals surface area contributed by atoms with Gasteiger partial charge in [0.1, 0.15) is 0 Å². The van der Waals surface area contributed by atoms with Crippen molar-refractivity contribution in [3.05, 3.63) is 23.8 Å². The van der Waals surface area contributed by atoms with Gasteiger partial charge in [-0.15, -0.1) is 0 Å². The normalized spacial score (nSPS) is 10.0. The Morgan fingerprint density at radius 2 is 2.00 bits per heavy atom. The van der Waals surface area contributed by atoms with Gasteiger partial charge in [0.2, 0.25) is 0 Å². The number of amides is 2. The van der Waals surface area contributed by atoms with Crippen molar-refractivity contribution in [1.82, 2.24) is 5.32 Å². The number of carbonyl (C=O) groups is 2. The summed E-state index contributed by atoms with van der Waals surface area (Å²) < 4.78 is 10.5. The fraction of sp³-hybridized carbons (Fsp3) is 0.333. The second-order valence-electron chi connectivity index (χ2n) is 3.80. The molecule has 1 rings (SSSR count). The summed E-state index contributed by atoms with van der Waals surface area (Å²) in [7, 11) is 1.43. The van der Waals surface area contributed by atoms with E-state index in [9.17, 15) is 9.59 Å². The molecule has 1 aromatic carbocycles. The SMILES string of the molecule is CNC(=O)Oc1cccc(C(N)=O)c1OC(C)C. The maximum Gasteiger partial charge on any atom is 0.412 e. The van der Waals surface area contributed by atoms with Crippen molar-refractivity contribution < 1.29 is 19.1 Å². The molecule has 0 fully saturated rings. The fourth-order valence-electron chi connectivity index (χ4n) is 1.30. The van der Waals surface area contributed by atoms with E-state index in [0.717, 1.165) is 0 Å². The minimum Gasteiger partial charge on any atom is -0.486 e. The van der Waals surface area contributed by atoms with Crippen LogP contribution in [-0.4, -0.2) is 25.2 Å². The lowest BCUT2D eigenvalue weighted by molar-refractivity contribution is 0.0993. The first-order chi connectivity index (χ1) is 8.45. The van der Waals surface area contributed by atoms with Gasteiger partial charge in [-0.1, -0.05) is 6.07 Å². The number of nitrogens with two attached hydrogens (primary N) is 1. The Morgan fingerprint density at radius 1 is 1.33 bits per heavy atom. The van der Waals surface area contributed by atoms with Gasteiger partial charge in [-0.3, -0.25) is 4.79 Å². The van der Waals surface area contributed by atoms with Gasteiger partial charge in [-0.05, 0) is 26.0 Å². The molecule has 2 amide bonds. The number of ether oxygens (including phenoxy) is 2. The monoisotopic (exact) mass is 252 g/mol. The summed E-state index contributed by atoms with van der Waals surface area (Å²) in [4.78, 5) is 22.5. The number of hydrogen-bond acceptors (Lipinski definition) is 4. The third kappa shape index (κ3) is 3.38. The van der Waals surface area contributed by atoms with Gasteiger partial charge in [0.15, 0.2) is 11.5 Å². The number of rotatable bonds is 4. The Morgan fingerprint density at radius 3 is 2.50 bits per heavy atom. The molecule has 18 heavy (non-hydrogen) atoms. The van der Waals surface area contributed by atoms with Gasteiger partial charge < -0.3 is 20.5 Å². The Labute approximate surface area is 105 Å². The minimum absolute atomic E-state index is 0.152. The molecule has 0 aliphatic carbocycles. The molecule has 6 heteroatoms. The highest BCUT2D eigenvalue weighted by Gasteiger charge is 2.18. The highest BCUT2D eigenvalue weighted by atomic mass is 16.6. The van der Waals surface area contributed by atoms with Crippen LogP contribution >= 0.6 is 0 Å². The molecule has 0 bridgehead atoms. The quantitative estimate of drug-likeness (QED) is 0.844. The number of benzene rings is 1. The largest absolute Gasteiger partial charge is 0.486 e. The van der Waals surface area contributed by atoms with Crippen LogP contribution in [0.2, 0.25) is 0 Å². The molecule has 0 saturated carbocycles. The first kappa shape index (κ1) is 13.8. The molecule has 98 valence electrons. The molecule has 0 atom stereocenters. The molecule has 0 aliphatic heterocycles. The Hall–Kier alpha value is -2.24. The summed E-state index contributed by atoms with van der Waals surface area (Å²) in [6.45, 7) is 3.59. The molecule has 0 heterocycles. The van der Waals surface area contributed by atoms with Crippen LogP contribution in [0.3, 0.4) is 0 Å². The van der Waals surface area contributed by atoms with Crippen molar-refractivity contribution in [3.8, 4) is 11.5 Å². The Kier molecular flexibility index (Phi) is 4.53. The van der Waals surface area contributed by atoms with Crippen LogP contribution in [0.5, 0.6) is 11.5 Å². The molecule has 0 saturated heterocycles. The third-order valence-corrected chi connectivity index (χ3v) is 2.00. The van der Waals surface area contributed by atoms with Crippen molar-refractivity contribution in [2.45, 2.75) is 20.0 Å². The van der Waals surface area contributed by atoms with Crippen LogP contribution < -0.4 is 20.5 Å². The molecule has 3 N–H and O–H groups in total. The maximum absolute atomic E-state index is 11.3. The van der Waals surface area contributed by atoms with Crippen LogP contribution in [0, 0.1) is 0 Å². The van der Waals surface area contributed by atoms with Gasteiger partial charge in [-0.2, -0.15) is 0 Å². The van der Waals surface area contributed by atoms with Gasteiger partial charge >= 0.3 is 6.09 Å². The van der Waals surface area contributed by atoms with Crippen molar-refractivity contribution in [2.75, 3.05) is 7.05 Å². The third-order valence-electron chi connectivity index (χ3n) is 2.00. The van der Waals surface area contributed by atoms with E-state index >= 15 is 0 Å². The fourth-order valence-corrected chi connectivity index (χ4v) is 1.30. The van der Waals surface area contributed by atoms with E-state index in [0.29, 0.717) is 0 Å². The smallest absolute Gasteiger partial charge is 0.412 e. The summed E-state index contributed by atoms with van der Waals surface area (Å²) >= 11 is 0. The lowest BCUT2D eigenvalue weighted by Crippen LogP contribution is -2.23. The predicted molar refractivity (Wildman–Crippen MR) is 65.8 cm³/mol. The number of primary amides is 1. The number of nitrogens with one attached hydrogen (secondary N) is 1. The summed E-state index contributed by atoms with van der Waals surface area (Å²) in [5.41, 5.74) is 5.42. The van der Waals surface area contributed by atoms with Crippen molar-refractivity contribution in [3.63, 3.8) is 0 Å². The highest BCUT2D eigenvalue weighted by Crippen LogP contribution is 2.32. The second-order valence-corrected chi connectivity index (χ2v) is 3.80. The van der Waals surface area contributed by atoms with Crippen LogP contribution in [0.1, 0.15) is 24.2 Å². The number of hydrogen-bond donors (Lipinski definition) is 2. The Bertz CT molecular complexity index is 457. The van der Waals surface area contributed by atoms with Gasteiger partial charge in [-0.25, -0.2) is 4.79 Å². The van der Waals surface area contributed by atoms with Crippen molar-refractivity contribution in [2.24, 2.45) is 5.73 Å². The van der Waals surface area contributed by atoms with E-state index in [1.807, 2.05) is 0 Å². The molecule has 6 nitrogen and oxygen atoms in total. The Balaban J connectivity index is 3.19. The van der Waals surface area contributed by atoms with E-state index < -0.39 is 12.0 Å². The van der Waals surface area contributed by atoms with E-state index in [1.54, 1.807) is 19.9 Å². The number of para-hydroxylation sites is 1. The van der Waals surface area contributed by atoms with E-state index in [1.165, 1.54) is 19.2 Å². The molecule has 0 spiro atoms. The molecule has 0 aromatic heterocycles. The molecular formula is C12H16N2O4.